The first-order valence-electron chi connectivity index (χ1n) is 6.86. The van der Waals surface area contributed by atoms with E-state index in [1.807, 2.05) is 7.05 Å². The summed E-state index contributed by atoms with van der Waals surface area (Å²) in [5.74, 6) is 0.991. The highest BCUT2D eigenvalue weighted by Crippen LogP contribution is 2.35. The highest BCUT2D eigenvalue weighted by atomic mass is 15.2. The van der Waals surface area contributed by atoms with E-state index in [9.17, 15) is 0 Å². The molecule has 1 N–H and O–H groups in total. The van der Waals surface area contributed by atoms with Crippen LogP contribution in [0.4, 0.5) is 0 Å². The Bertz CT molecular complexity index is 231. The summed E-state index contributed by atoms with van der Waals surface area (Å²) in [5, 5.41) is 3.20. The number of hydrogen-bond acceptors (Lipinski definition) is 2. The van der Waals surface area contributed by atoms with Gasteiger partial charge in [0.25, 0.3) is 0 Å². The number of likely N-dealkylation sites (tertiary alicyclic amines) is 1. The Labute approximate surface area is 100 Å². The van der Waals surface area contributed by atoms with Crippen molar-refractivity contribution >= 4 is 0 Å². The van der Waals surface area contributed by atoms with E-state index in [0.717, 1.165) is 25.0 Å². The molecule has 1 saturated heterocycles. The SMILES string of the molecule is C=C(CNC)CN1CCCC1C1CCCC1. The van der Waals surface area contributed by atoms with Gasteiger partial charge in [0, 0.05) is 19.1 Å². The van der Waals surface area contributed by atoms with Crippen LogP contribution in [0.3, 0.4) is 0 Å². The second-order valence-electron chi connectivity index (χ2n) is 5.50. The van der Waals surface area contributed by atoms with E-state index < -0.39 is 0 Å². The smallest absolute Gasteiger partial charge is 0.0205 e. The molecule has 16 heavy (non-hydrogen) atoms. The molecule has 2 aliphatic rings. The van der Waals surface area contributed by atoms with Gasteiger partial charge in [0.2, 0.25) is 0 Å². The maximum Gasteiger partial charge on any atom is 0.0205 e. The highest BCUT2D eigenvalue weighted by Gasteiger charge is 2.32. The van der Waals surface area contributed by atoms with Crippen LogP contribution in [0.5, 0.6) is 0 Å². The Morgan fingerprint density at radius 2 is 2.00 bits per heavy atom. The zero-order chi connectivity index (χ0) is 11.4. The van der Waals surface area contributed by atoms with E-state index >= 15 is 0 Å². The minimum Gasteiger partial charge on any atom is -0.316 e. The lowest BCUT2D eigenvalue weighted by molar-refractivity contribution is 0.204. The Morgan fingerprint density at radius 3 is 2.69 bits per heavy atom. The molecule has 1 unspecified atom stereocenters. The summed E-state index contributed by atoms with van der Waals surface area (Å²) in [6, 6.07) is 0.871. The van der Waals surface area contributed by atoms with Gasteiger partial charge in [-0.1, -0.05) is 19.4 Å². The van der Waals surface area contributed by atoms with Crippen molar-refractivity contribution in [3.63, 3.8) is 0 Å². The molecule has 2 rings (SSSR count). The summed E-state index contributed by atoms with van der Waals surface area (Å²) in [6.45, 7) is 7.54. The monoisotopic (exact) mass is 222 g/mol. The lowest BCUT2D eigenvalue weighted by Crippen LogP contribution is -2.37. The third-order valence-electron chi connectivity index (χ3n) is 4.21. The Morgan fingerprint density at radius 1 is 1.25 bits per heavy atom. The van der Waals surface area contributed by atoms with E-state index in [1.165, 1.54) is 50.6 Å². The first-order chi connectivity index (χ1) is 7.81. The lowest BCUT2D eigenvalue weighted by Gasteiger charge is -2.30. The highest BCUT2D eigenvalue weighted by molar-refractivity contribution is 5.02. The summed E-state index contributed by atoms with van der Waals surface area (Å²) < 4.78 is 0. The standard InChI is InChI=1S/C14H26N2/c1-12(10-15-2)11-16-9-5-8-14(16)13-6-3-4-7-13/h13-15H,1,3-11H2,2H3. The first kappa shape index (κ1) is 12.1. The minimum atomic E-state index is 0.871. The maximum absolute atomic E-state index is 4.16. The average Bonchev–Trinajstić information content (AvgIpc) is 2.86. The number of nitrogens with one attached hydrogen (secondary N) is 1. The van der Waals surface area contributed by atoms with Crippen LogP contribution < -0.4 is 5.32 Å². The van der Waals surface area contributed by atoms with E-state index in [4.69, 9.17) is 0 Å². The van der Waals surface area contributed by atoms with Crippen molar-refractivity contribution in [1.29, 1.82) is 0 Å². The largest absolute Gasteiger partial charge is 0.316 e. The Balaban J connectivity index is 1.85. The molecule has 0 spiro atoms. The van der Waals surface area contributed by atoms with E-state index in [-0.39, 0.29) is 0 Å². The second-order valence-corrected chi connectivity index (χ2v) is 5.50. The fourth-order valence-electron chi connectivity index (χ4n) is 3.52. The molecule has 92 valence electrons. The molecule has 0 aromatic heterocycles. The quantitative estimate of drug-likeness (QED) is 0.719. The molecule has 1 atom stereocenters. The Kier molecular flexibility index (Phi) is 4.42. The number of likely N-dealkylation sites (N-methyl/N-ethyl adjacent to an activating group) is 1. The van der Waals surface area contributed by atoms with Crippen molar-refractivity contribution in [1.82, 2.24) is 10.2 Å². The third kappa shape index (κ3) is 2.86. The maximum atomic E-state index is 4.16. The van der Waals surface area contributed by atoms with Gasteiger partial charge in [-0.15, -0.1) is 0 Å². The van der Waals surface area contributed by atoms with Crippen LogP contribution in [0.15, 0.2) is 12.2 Å². The molecule has 0 radical (unpaired) electrons. The van der Waals surface area contributed by atoms with Crippen LogP contribution in [0, 0.1) is 5.92 Å². The zero-order valence-corrected chi connectivity index (χ0v) is 10.7. The number of nitrogens with zero attached hydrogens (tertiary/aromatic N) is 1. The van der Waals surface area contributed by atoms with Gasteiger partial charge in [0.05, 0.1) is 0 Å². The van der Waals surface area contributed by atoms with Crippen LogP contribution in [-0.2, 0) is 0 Å². The van der Waals surface area contributed by atoms with Crippen LogP contribution in [0.2, 0.25) is 0 Å². The molecule has 0 aromatic rings. The van der Waals surface area contributed by atoms with Crippen molar-refractivity contribution in [3.05, 3.63) is 12.2 Å². The fourth-order valence-corrected chi connectivity index (χ4v) is 3.52. The van der Waals surface area contributed by atoms with Crippen LogP contribution in [-0.4, -0.2) is 37.6 Å². The zero-order valence-electron chi connectivity index (χ0n) is 10.7. The van der Waals surface area contributed by atoms with E-state index in [0.29, 0.717) is 0 Å². The molecule has 0 amide bonds. The molecule has 0 bridgehead atoms. The van der Waals surface area contributed by atoms with E-state index in [1.54, 1.807) is 0 Å². The molecule has 1 aliphatic heterocycles. The topological polar surface area (TPSA) is 15.3 Å². The molecule has 0 aromatic carbocycles. The molecular formula is C14H26N2. The van der Waals surface area contributed by atoms with Gasteiger partial charge in [-0.25, -0.2) is 0 Å². The van der Waals surface area contributed by atoms with Crippen molar-refractivity contribution < 1.29 is 0 Å². The van der Waals surface area contributed by atoms with Gasteiger partial charge in [-0.3, -0.25) is 4.90 Å². The molecule has 2 heteroatoms. The molecule has 1 saturated carbocycles. The summed E-state index contributed by atoms with van der Waals surface area (Å²) in [7, 11) is 2.00. The summed E-state index contributed by atoms with van der Waals surface area (Å²) in [6.07, 6.45) is 8.70. The summed E-state index contributed by atoms with van der Waals surface area (Å²) in [5.41, 5.74) is 1.34. The molecule has 1 aliphatic carbocycles. The minimum absolute atomic E-state index is 0.871. The van der Waals surface area contributed by atoms with Crippen molar-refractivity contribution in [2.75, 3.05) is 26.7 Å². The second kappa shape index (κ2) is 5.83. The van der Waals surface area contributed by atoms with Gasteiger partial charge < -0.3 is 5.32 Å². The van der Waals surface area contributed by atoms with Crippen molar-refractivity contribution in [2.45, 2.75) is 44.6 Å². The van der Waals surface area contributed by atoms with Gasteiger partial charge in [-0.2, -0.15) is 0 Å². The van der Waals surface area contributed by atoms with Crippen LogP contribution in [0.1, 0.15) is 38.5 Å². The summed E-state index contributed by atoms with van der Waals surface area (Å²) >= 11 is 0. The summed E-state index contributed by atoms with van der Waals surface area (Å²) in [4.78, 5) is 2.69. The molecule has 1 heterocycles. The average molecular weight is 222 g/mol. The predicted molar refractivity (Wildman–Crippen MR) is 69.6 cm³/mol. The normalized spacial score (nSPS) is 27.7. The van der Waals surface area contributed by atoms with E-state index in [2.05, 4.69) is 16.8 Å². The van der Waals surface area contributed by atoms with Crippen LogP contribution in [0.25, 0.3) is 0 Å². The lowest BCUT2D eigenvalue weighted by atomic mass is 9.96. The van der Waals surface area contributed by atoms with Gasteiger partial charge in [-0.05, 0) is 50.8 Å². The predicted octanol–water partition coefficient (Wildman–Crippen LogP) is 2.42. The molecule has 2 nitrogen and oxygen atoms in total. The van der Waals surface area contributed by atoms with Gasteiger partial charge in [0.1, 0.15) is 0 Å². The third-order valence-corrected chi connectivity index (χ3v) is 4.21. The van der Waals surface area contributed by atoms with Gasteiger partial charge in [0.15, 0.2) is 0 Å². The van der Waals surface area contributed by atoms with Crippen molar-refractivity contribution in [3.8, 4) is 0 Å². The number of hydrogen-bond donors (Lipinski definition) is 1. The molecular weight excluding hydrogens is 196 g/mol. The van der Waals surface area contributed by atoms with Crippen molar-refractivity contribution in [2.24, 2.45) is 5.92 Å². The fraction of sp³-hybridized carbons (Fsp3) is 0.857. The van der Waals surface area contributed by atoms with Crippen LogP contribution >= 0.6 is 0 Å². The Hall–Kier alpha value is -0.340. The van der Waals surface area contributed by atoms with Gasteiger partial charge >= 0.3 is 0 Å². The molecule has 2 fully saturated rings. The first-order valence-corrected chi connectivity index (χ1v) is 6.86. The number of rotatable bonds is 5.